The summed E-state index contributed by atoms with van der Waals surface area (Å²) in [4.78, 5) is 11.0. The lowest BCUT2D eigenvalue weighted by Gasteiger charge is -2.48. The molecule has 1 saturated heterocycles. The monoisotopic (exact) mass is 233 g/mol. The molecule has 0 aromatic rings. The van der Waals surface area contributed by atoms with Gasteiger partial charge >= 0.3 is 0 Å². The van der Waals surface area contributed by atoms with Gasteiger partial charge in [0.05, 0.1) is 18.8 Å². The predicted octanol–water partition coefficient (Wildman–Crippen LogP) is -1.41. The van der Waals surface area contributed by atoms with Crippen molar-refractivity contribution < 1.29 is 24.9 Å². The minimum absolute atomic E-state index is 0.310. The van der Waals surface area contributed by atoms with Crippen molar-refractivity contribution in [3.63, 3.8) is 0 Å². The molecule has 6 nitrogen and oxygen atoms in total. The molecule has 0 aromatic heterocycles. The molecule has 1 aliphatic heterocycles. The highest BCUT2D eigenvalue weighted by molar-refractivity contribution is 5.73. The van der Waals surface area contributed by atoms with Crippen LogP contribution >= 0.6 is 0 Å². The summed E-state index contributed by atoms with van der Waals surface area (Å²) >= 11 is 0. The maximum absolute atomic E-state index is 11.0. The van der Waals surface area contributed by atoms with Crippen LogP contribution in [0.4, 0.5) is 0 Å². The highest BCUT2D eigenvalue weighted by Crippen LogP contribution is 2.35. The van der Waals surface area contributed by atoms with Crippen LogP contribution in [0.3, 0.4) is 0 Å². The van der Waals surface area contributed by atoms with E-state index >= 15 is 0 Å². The molecule has 0 spiro atoms. The van der Waals surface area contributed by atoms with Crippen LogP contribution in [0.2, 0.25) is 0 Å². The molecule has 4 N–H and O–H groups in total. The zero-order chi connectivity index (χ0) is 12.5. The van der Waals surface area contributed by atoms with Gasteiger partial charge in [0.15, 0.2) is 6.29 Å². The van der Waals surface area contributed by atoms with Gasteiger partial charge in [-0.3, -0.25) is 4.79 Å². The van der Waals surface area contributed by atoms with E-state index in [-0.39, 0.29) is 12.5 Å². The first-order chi connectivity index (χ1) is 7.30. The van der Waals surface area contributed by atoms with Gasteiger partial charge in [-0.05, 0) is 0 Å². The van der Waals surface area contributed by atoms with Gasteiger partial charge in [0.1, 0.15) is 6.10 Å². The summed E-state index contributed by atoms with van der Waals surface area (Å²) in [6.45, 7) is 4.35. The highest BCUT2D eigenvalue weighted by atomic mass is 16.6. The van der Waals surface area contributed by atoms with Gasteiger partial charge in [-0.1, -0.05) is 13.8 Å². The largest absolute Gasteiger partial charge is 0.394 e. The number of ether oxygens (including phenoxy) is 1. The predicted molar refractivity (Wildman–Crippen MR) is 55.4 cm³/mol. The summed E-state index contributed by atoms with van der Waals surface area (Å²) in [5, 5.41) is 31.2. The van der Waals surface area contributed by atoms with E-state index in [1.165, 1.54) is 6.92 Å². The van der Waals surface area contributed by atoms with Crippen LogP contribution in [-0.2, 0) is 9.53 Å². The van der Waals surface area contributed by atoms with Crippen molar-refractivity contribution >= 4 is 5.91 Å². The zero-order valence-corrected chi connectivity index (χ0v) is 9.67. The number of carbonyl (C=O) groups excluding carboxylic acids is 1. The standard InChI is InChI=1S/C10H19NO5/c1-5(13)11-7-9(15)16-6(4-12)8(14)10(7,2)3/h6-9,12,14-15H,4H2,1-3H3,(H,11,13). The number of aliphatic hydroxyl groups excluding tert-OH is 3. The number of rotatable bonds is 2. The second-order valence-electron chi connectivity index (χ2n) is 4.69. The van der Waals surface area contributed by atoms with E-state index in [0.717, 1.165) is 0 Å². The summed E-state index contributed by atoms with van der Waals surface area (Å²) < 4.78 is 5.04. The summed E-state index contributed by atoms with van der Waals surface area (Å²) in [5.41, 5.74) is -0.781. The van der Waals surface area contributed by atoms with Gasteiger partial charge in [0.2, 0.25) is 5.91 Å². The summed E-state index contributed by atoms with van der Waals surface area (Å²) in [5.74, 6) is -0.310. The van der Waals surface area contributed by atoms with Crippen molar-refractivity contribution in [1.82, 2.24) is 5.32 Å². The summed E-state index contributed by atoms with van der Waals surface area (Å²) in [7, 11) is 0. The number of carbonyl (C=O) groups is 1. The van der Waals surface area contributed by atoms with Crippen LogP contribution in [0.15, 0.2) is 0 Å². The third kappa shape index (κ3) is 2.35. The first-order valence-corrected chi connectivity index (χ1v) is 5.20. The number of amides is 1. The third-order valence-electron chi connectivity index (χ3n) is 3.05. The molecule has 1 aliphatic rings. The van der Waals surface area contributed by atoms with E-state index in [0.29, 0.717) is 0 Å². The number of hydrogen-bond donors (Lipinski definition) is 4. The smallest absolute Gasteiger partial charge is 0.217 e. The molecule has 16 heavy (non-hydrogen) atoms. The van der Waals surface area contributed by atoms with Crippen molar-refractivity contribution in [1.29, 1.82) is 0 Å². The molecule has 4 unspecified atom stereocenters. The topological polar surface area (TPSA) is 99.0 Å². The molecule has 0 aromatic carbocycles. The van der Waals surface area contributed by atoms with Gasteiger partial charge in [-0.15, -0.1) is 0 Å². The van der Waals surface area contributed by atoms with E-state index in [4.69, 9.17) is 9.84 Å². The van der Waals surface area contributed by atoms with Gasteiger partial charge in [0.25, 0.3) is 0 Å². The average molecular weight is 233 g/mol. The Labute approximate surface area is 94.2 Å². The quantitative estimate of drug-likeness (QED) is 0.469. The van der Waals surface area contributed by atoms with Crippen molar-refractivity contribution in [2.24, 2.45) is 5.41 Å². The molecule has 1 rings (SSSR count). The highest BCUT2D eigenvalue weighted by Gasteiger charge is 2.50. The lowest BCUT2D eigenvalue weighted by Crippen LogP contribution is -2.65. The van der Waals surface area contributed by atoms with Crippen molar-refractivity contribution in [3.05, 3.63) is 0 Å². The van der Waals surface area contributed by atoms with Crippen LogP contribution in [0, 0.1) is 5.41 Å². The Morgan fingerprint density at radius 3 is 2.44 bits per heavy atom. The lowest BCUT2D eigenvalue weighted by atomic mass is 9.74. The molecule has 94 valence electrons. The minimum Gasteiger partial charge on any atom is -0.394 e. The Morgan fingerprint density at radius 2 is 2.00 bits per heavy atom. The molecule has 0 saturated carbocycles. The van der Waals surface area contributed by atoms with Crippen LogP contribution in [0.1, 0.15) is 20.8 Å². The second-order valence-corrected chi connectivity index (χ2v) is 4.69. The molecule has 0 bridgehead atoms. The molecular weight excluding hydrogens is 214 g/mol. The van der Waals surface area contributed by atoms with Crippen LogP contribution in [0.25, 0.3) is 0 Å². The fourth-order valence-corrected chi connectivity index (χ4v) is 1.98. The molecule has 4 atom stereocenters. The first kappa shape index (κ1) is 13.4. The molecule has 0 radical (unpaired) electrons. The molecule has 1 amide bonds. The van der Waals surface area contributed by atoms with E-state index < -0.39 is 30.0 Å². The SMILES string of the molecule is CC(=O)NC1C(O)OC(CO)C(O)C1(C)C. The number of hydrogen-bond acceptors (Lipinski definition) is 5. The number of nitrogens with one attached hydrogen (secondary N) is 1. The van der Waals surface area contributed by atoms with Gasteiger partial charge < -0.3 is 25.4 Å². The first-order valence-electron chi connectivity index (χ1n) is 5.20. The number of aliphatic hydroxyl groups is 3. The van der Waals surface area contributed by atoms with Crippen LogP contribution in [-0.4, -0.2) is 52.4 Å². The van der Waals surface area contributed by atoms with Gasteiger partial charge in [0, 0.05) is 12.3 Å². The Balaban J connectivity index is 2.89. The fourth-order valence-electron chi connectivity index (χ4n) is 1.98. The lowest BCUT2D eigenvalue weighted by molar-refractivity contribution is -0.260. The maximum atomic E-state index is 11.0. The molecule has 1 fully saturated rings. The summed E-state index contributed by atoms with van der Waals surface area (Å²) in [6, 6.07) is -0.706. The Bertz CT molecular complexity index is 268. The Hall–Kier alpha value is -0.690. The average Bonchev–Trinajstić information content (AvgIpc) is 2.18. The van der Waals surface area contributed by atoms with E-state index in [1.54, 1.807) is 13.8 Å². The van der Waals surface area contributed by atoms with Crippen LogP contribution < -0.4 is 5.32 Å². The van der Waals surface area contributed by atoms with Crippen molar-refractivity contribution in [2.45, 2.75) is 45.3 Å². The minimum atomic E-state index is -1.24. The van der Waals surface area contributed by atoms with E-state index in [1.807, 2.05) is 0 Å². The van der Waals surface area contributed by atoms with Crippen LogP contribution in [0.5, 0.6) is 0 Å². The van der Waals surface area contributed by atoms with Crippen molar-refractivity contribution in [2.75, 3.05) is 6.61 Å². The molecular formula is C10H19NO5. The van der Waals surface area contributed by atoms with E-state index in [9.17, 15) is 15.0 Å². The third-order valence-corrected chi connectivity index (χ3v) is 3.05. The molecule has 6 heteroatoms. The zero-order valence-electron chi connectivity index (χ0n) is 9.67. The van der Waals surface area contributed by atoms with Gasteiger partial charge in [-0.25, -0.2) is 0 Å². The normalized spacial score (nSPS) is 38.1. The van der Waals surface area contributed by atoms with Crippen molar-refractivity contribution in [3.8, 4) is 0 Å². The molecule has 1 heterocycles. The summed E-state index contributed by atoms with van der Waals surface area (Å²) in [6.07, 6.45) is -3.03. The van der Waals surface area contributed by atoms with Gasteiger partial charge in [-0.2, -0.15) is 0 Å². The maximum Gasteiger partial charge on any atom is 0.217 e. The Morgan fingerprint density at radius 1 is 1.44 bits per heavy atom. The fraction of sp³-hybridized carbons (Fsp3) is 0.900. The molecule has 0 aliphatic carbocycles. The Kier molecular flexibility index (Phi) is 3.90. The van der Waals surface area contributed by atoms with E-state index in [2.05, 4.69) is 5.32 Å². The second kappa shape index (κ2) is 4.67.